The van der Waals surface area contributed by atoms with Crippen LogP contribution in [0.2, 0.25) is 0 Å². The lowest BCUT2D eigenvalue weighted by Crippen LogP contribution is -2.35. The summed E-state index contributed by atoms with van der Waals surface area (Å²) in [5, 5.41) is 12.3. The van der Waals surface area contributed by atoms with E-state index in [-0.39, 0.29) is 5.84 Å². The van der Waals surface area contributed by atoms with Crippen molar-refractivity contribution in [3.8, 4) is 0 Å². The first kappa shape index (κ1) is 15.0. The number of nitrogens with two attached hydrogens (primary N) is 1. The topological polar surface area (TPSA) is 61.8 Å². The predicted molar refractivity (Wildman–Crippen MR) is 86.0 cm³/mol. The lowest BCUT2D eigenvalue weighted by molar-refractivity contribution is 0.318. The molecule has 0 aliphatic heterocycles. The molecule has 0 radical (unpaired) electrons. The Kier molecular flexibility index (Phi) is 5.17. The number of benzene rings is 1. The first-order valence-electron chi connectivity index (χ1n) is 7.06. The standard InChI is InChI=1S/C15H23N3OS/c1-18(11-7-4-3-5-8-11)12-9-6-10-13(20-2)14(12)15(16)17-19/h6,9-11,19H,3-5,7-8H2,1-2H3,(H2,16,17). The molecule has 0 aromatic heterocycles. The summed E-state index contributed by atoms with van der Waals surface area (Å²) in [6, 6.07) is 6.65. The van der Waals surface area contributed by atoms with Crippen molar-refractivity contribution < 1.29 is 5.21 Å². The zero-order chi connectivity index (χ0) is 14.5. The third-order valence-electron chi connectivity index (χ3n) is 4.09. The normalized spacial score (nSPS) is 17.2. The number of hydrogen-bond acceptors (Lipinski definition) is 4. The van der Waals surface area contributed by atoms with Gasteiger partial charge in [-0.05, 0) is 31.2 Å². The van der Waals surface area contributed by atoms with Gasteiger partial charge in [0.1, 0.15) is 0 Å². The minimum Gasteiger partial charge on any atom is -0.409 e. The van der Waals surface area contributed by atoms with Crippen LogP contribution in [0, 0.1) is 0 Å². The van der Waals surface area contributed by atoms with E-state index in [1.165, 1.54) is 32.1 Å². The van der Waals surface area contributed by atoms with Gasteiger partial charge in [0.2, 0.25) is 0 Å². The van der Waals surface area contributed by atoms with E-state index in [0.717, 1.165) is 16.1 Å². The van der Waals surface area contributed by atoms with Crippen LogP contribution in [0.15, 0.2) is 28.3 Å². The highest BCUT2D eigenvalue weighted by molar-refractivity contribution is 7.98. The Hall–Kier alpha value is -1.36. The molecule has 0 saturated heterocycles. The zero-order valence-corrected chi connectivity index (χ0v) is 13.0. The lowest BCUT2D eigenvalue weighted by Gasteiger charge is -2.34. The Labute approximate surface area is 125 Å². The maximum Gasteiger partial charge on any atom is 0.173 e. The highest BCUT2D eigenvalue weighted by Gasteiger charge is 2.22. The smallest absolute Gasteiger partial charge is 0.173 e. The summed E-state index contributed by atoms with van der Waals surface area (Å²) >= 11 is 1.62. The summed E-state index contributed by atoms with van der Waals surface area (Å²) in [5.41, 5.74) is 7.80. The van der Waals surface area contributed by atoms with Crippen molar-refractivity contribution in [1.29, 1.82) is 0 Å². The van der Waals surface area contributed by atoms with Crippen molar-refractivity contribution in [2.75, 3.05) is 18.2 Å². The van der Waals surface area contributed by atoms with Crippen LogP contribution in [0.5, 0.6) is 0 Å². The van der Waals surface area contributed by atoms with Crippen LogP contribution < -0.4 is 10.6 Å². The molecule has 0 bridgehead atoms. The van der Waals surface area contributed by atoms with Gasteiger partial charge in [0.15, 0.2) is 5.84 Å². The summed E-state index contributed by atoms with van der Waals surface area (Å²) in [5.74, 6) is 0.188. The van der Waals surface area contributed by atoms with Crippen molar-refractivity contribution >= 4 is 23.3 Å². The maximum absolute atomic E-state index is 9.06. The number of anilines is 1. The van der Waals surface area contributed by atoms with E-state index in [1.807, 2.05) is 18.4 Å². The molecule has 3 N–H and O–H groups in total. The highest BCUT2D eigenvalue weighted by atomic mass is 32.2. The van der Waals surface area contributed by atoms with Crippen molar-refractivity contribution in [3.05, 3.63) is 23.8 Å². The lowest BCUT2D eigenvalue weighted by atomic mass is 9.93. The summed E-state index contributed by atoms with van der Waals surface area (Å²) in [6.07, 6.45) is 8.35. The summed E-state index contributed by atoms with van der Waals surface area (Å²) in [7, 11) is 2.11. The molecular weight excluding hydrogens is 270 g/mol. The number of thioether (sulfide) groups is 1. The highest BCUT2D eigenvalue weighted by Crippen LogP contribution is 2.33. The fourth-order valence-electron chi connectivity index (χ4n) is 2.96. The third kappa shape index (κ3) is 3.03. The summed E-state index contributed by atoms with van der Waals surface area (Å²) in [4.78, 5) is 3.34. The van der Waals surface area contributed by atoms with E-state index in [9.17, 15) is 0 Å². The molecule has 4 nitrogen and oxygen atoms in total. The molecule has 110 valence electrons. The molecule has 1 aliphatic rings. The Morgan fingerprint density at radius 2 is 2.05 bits per heavy atom. The third-order valence-corrected chi connectivity index (χ3v) is 4.87. The van der Waals surface area contributed by atoms with Gasteiger partial charge in [-0.3, -0.25) is 0 Å². The molecule has 0 heterocycles. The second kappa shape index (κ2) is 6.88. The van der Waals surface area contributed by atoms with E-state index < -0.39 is 0 Å². The number of hydrogen-bond donors (Lipinski definition) is 2. The first-order chi connectivity index (χ1) is 9.69. The quantitative estimate of drug-likeness (QED) is 0.294. The van der Waals surface area contributed by atoms with Gasteiger partial charge in [0, 0.05) is 23.7 Å². The van der Waals surface area contributed by atoms with Gasteiger partial charge >= 0.3 is 0 Å². The zero-order valence-electron chi connectivity index (χ0n) is 12.2. The molecule has 20 heavy (non-hydrogen) atoms. The van der Waals surface area contributed by atoms with Gasteiger partial charge in [0.25, 0.3) is 0 Å². The largest absolute Gasteiger partial charge is 0.409 e. The van der Waals surface area contributed by atoms with Gasteiger partial charge < -0.3 is 15.8 Å². The molecule has 1 saturated carbocycles. The van der Waals surface area contributed by atoms with Crippen molar-refractivity contribution in [3.63, 3.8) is 0 Å². The fourth-order valence-corrected chi connectivity index (χ4v) is 3.58. The average molecular weight is 293 g/mol. The Morgan fingerprint density at radius 3 is 2.65 bits per heavy atom. The predicted octanol–water partition coefficient (Wildman–Crippen LogP) is 3.27. The number of rotatable bonds is 4. The molecule has 0 atom stereocenters. The van der Waals surface area contributed by atoms with E-state index in [1.54, 1.807) is 11.8 Å². The van der Waals surface area contributed by atoms with E-state index in [0.29, 0.717) is 6.04 Å². The minimum absolute atomic E-state index is 0.188. The van der Waals surface area contributed by atoms with Crippen molar-refractivity contribution in [1.82, 2.24) is 0 Å². The fraction of sp³-hybridized carbons (Fsp3) is 0.533. The monoisotopic (exact) mass is 293 g/mol. The van der Waals surface area contributed by atoms with Crippen LogP contribution in [0.3, 0.4) is 0 Å². The molecule has 1 aromatic rings. The number of amidine groups is 1. The summed E-state index contributed by atoms with van der Waals surface area (Å²) in [6.45, 7) is 0. The molecule has 2 rings (SSSR count). The minimum atomic E-state index is 0.188. The molecule has 0 unspecified atom stereocenters. The van der Waals surface area contributed by atoms with Crippen LogP contribution in [-0.4, -0.2) is 30.4 Å². The van der Waals surface area contributed by atoms with Crippen LogP contribution in [0.1, 0.15) is 37.7 Å². The maximum atomic E-state index is 9.06. The molecular formula is C15H23N3OS. The number of oxime groups is 1. The molecule has 1 fully saturated rings. The van der Waals surface area contributed by atoms with Gasteiger partial charge in [-0.1, -0.05) is 30.5 Å². The van der Waals surface area contributed by atoms with E-state index in [2.05, 4.69) is 23.2 Å². The van der Waals surface area contributed by atoms with Gasteiger partial charge in [-0.25, -0.2) is 0 Å². The molecule has 0 spiro atoms. The molecule has 1 aromatic carbocycles. The second-order valence-corrected chi connectivity index (χ2v) is 6.09. The van der Waals surface area contributed by atoms with E-state index >= 15 is 0 Å². The molecule has 0 amide bonds. The first-order valence-corrected chi connectivity index (χ1v) is 8.29. The van der Waals surface area contributed by atoms with Crippen molar-refractivity contribution in [2.24, 2.45) is 10.9 Å². The van der Waals surface area contributed by atoms with Crippen LogP contribution in [0.25, 0.3) is 0 Å². The Balaban J connectivity index is 2.39. The second-order valence-electron chi connectivity index (χ2n) is 5.24. The van der Waals surface area contributed by atoms with E-state index in [4.69, 9.17) is 10.9 Å². The SMILES string of the molecule is CSc1cccc(N(C)C2CCCCC2)c1/C(N)=N/O. The molecule has 1 aliphatic carbocycles. The van der Waals surface area contributed by atoms with Crippen LogP contribution in [-0.2, 0) is 0 Å². The van der Waals surface area contributed by atoms with Gasteiger partial charge in [-0.15, -0.1) is 11.8 Å². The Bertz CT molecular complexity index is 484. The number of nitrogens with zero attached hydrogens (tertiary/aromatic N) is 2. The van der Waals surface area contributed by atoms with Crippen LogP contribution in [0.4, 0.5) is 5.69 Å². The molecule has 5 heteroatoms. The Morgan fingerprint density at radius 1 is 1.35 bits per heavy atom. The average Bonchev–Trinajstić information content (AvgIpc) is 2.53. The van der Waals surface area contributed by atoms with Gasteiger partial charge in [0.05, 0.1) is 5.56 Å². The summed E-state index contributed by atoms with van der Waals surface area (Å²) < 4.78 is 0. The van der Waals surface area contributed by atoms with Crippen molar-refractivity contribution in [2.45, 2.75) is 43.0 Å². The van der Waals surface area contributed by atoms with Crippen LogP contribution >= 0.6 is 11.8 Å². The van der Waals surface area contributed by atoms with Gasteiger partial charge in [-0.2, -0.15) is 0 Å².